The van der Waals surface area contributed by atoms with E-state index in [1.807, 2.05) is 12.1 Å². The number of carbonyl (C=O) groups is 2. The number of carbonyl (C=O) groups excluding carboxylic acids is 2. The second-order valence-electron chi connectivity index (χ2n) is 7.69. The molecule has 1 fully saturated rings. The van der Waals surface area contributed by atoms with Gasteiger partial charge in [-0.2, -0.15) is 0 Å². The first kappa shape index (κ1) is 22.7. The highest BCUT2D eigenvalue weighted by Gasteiger charge is 2.34. The van der Waals surface area contributed by atoms with Gasteiger partial charge in [0.05, 0.1) is 10.7 Å². The Hall–Kier alpha value is -3.48. The third-order valence-electron chi connectivity index (χ3n) is 5.35. The smallest absolute Gasteiger partial charge is 0.270 e. The van der Waals surface area contributed by atoms with Crippen LogP contribution >= 0.6 is 23.8 Å². The fourth-order valence-electron chi connectivity index (χ4n) is 3.41. The number of ether oxygens (including phenoxy) is 1. The number of thiocarbonyl (C=S) groups is 1. The molecule has 0 bridgehead atoms. The van der Waals surface area contributed by atoms with E-state index in [9.17, 15) is 9.59 Å². The number of hydrogen-bond acceptors (Lipinski definition) is 4. The van der Waals surface area contributed by atoms with Crippen LogP contribution in [0.2, 0.25) is 5.02 Å². The van der Waals surface area contributed by atoms with Crippen molar-refractivity contribution in [2.75, 3.05) is 4.90 Å². The molecule has 1 aliphatic heterocycles. The molecule has 0 radical (unpaired) electrons. The average molecular weight is 477 g/mol. The van der Waals surface area contributed by atoms with E-state index in [1.165, 1.54) is 22.1 Å². The number of halogens is 1. The molecule has 166 valence electrons. The lowest BCUT2D eigenvalue weighted by Crippen LogP contribution is -2.54. The van der Waals surface area contributed by atoms with Crippen molar-refractivity contribution in [3.8, 4) is 5.75 Å². The van der Waals surface area contributed by atoms with Crippen LogP contribution in [-0.4, -0.2) is 16.9 Å². The molecule has 0 aliphatic carbocycles. The summed E-state index contributed by atoms with van der Waals surface area (Å²) in [5, 5.41) is 3.00. The Kier molecular flexibility index (Phi) is 6.58. The topological polar surface area (TPSA) is 58.6 Å². The Morgan fingerprint density at radius 1 is 1.00 bits per heavy atom. The summed E-state index contributed by atoms with van der Waals surface area (Å²) in [6.45, 7) is 4.50. The molecular weight excluding hydrogens is 456 g/mol. The summed E-state index contributed by atoms with van der Waals surface area (Å²) in [5.74, 6) is -0.534. The highest BCUT2D eigenvalue weighted by molar-refractivity contribution is 7.80. The van der Waals surface area contributed by atoms with Crippen LogP contribution < -0.4 is 15.0 Å². The standard InChI is InChI=1S/C26H21ClN2O3S/c1-16-8-9-19(12-17(16)2)15-32-23-11-10-18(14-22(23)27)13-21-24(30)28-26(33)29(25(21)31)20-6-4-3-5-7-20/h3-14H,15H2,1-2H3,(H,28,30,33)/b21-13-. The van der Waals surface area contributed by atoms with Gasteiger partial charge in [0, 0.05) is 0 Å². The van der Waals surface area contributed by atoms with Crippen molar-refractivity contribution in [2.24, 2.45) is 0 Å². The van der Waals surface area contributed by atoms with Crippen LogP contribution in [0.4, 0.5) is 5.69 Å². The molecule has 0 aromatic heterocycles. The average Bonchev–Trinajstić information content (AvgIpc) is 2.79. The molecule has 0 unspecified atom stereocenters. The number of hydrogen-bond donors (Lipinski definition) is 1. The molecule has 1 aliphatic rings. The molecule has 1 N–H and O–H groups in total. The van der Waals surface area contributed by atoms with Gasteiger partial charge in [0.15, 0.2) is 5.11 Å². The first-order chi connectivity index (χ1) is 15.8. The maximum Gasteiger partial charge on any atom is 0.270 e. The first-order valence-electron chi connectivity index (χ1n) is 10.3. The molecule has 4 rings (SSSR count). The summed E-state index contributed by atoms with van der Waals surface area (Å²) >= 11 is 11.6. The highest BCUT2D eigenvalue weighted by Crippen LogP contribution is 2.28. The van der Waals surface area contributed by atoms with E-state index in [2.05, 4.69) is 31.3 Å². The molecule has 0 saturated carbocycles. The fourth-order valence-corrected chi connectivity index (χ4v) is 3.94. The minimum Gasteiger partial charge on any atom is -0.487 e. The zero-order chi connectivity index (χ0) is 23.5. The third-order valence-corrected chi connectivity index (χ3v) is 5.93. The van der Waals surface area contributed by atoms with Crippen LogP contribution in [0.1, 0.15) is 22.3 Å². The van der Waals surface area contributed by atoms with Gasteiger partial charge in [-0.05, 0) is 78.7 Å². The van der Waals surface area contributed by atoms with E-state index in [0.29, 0.717) is 28.6 Å². The molecule has 1 saturated heterocycles. The van der Waals surface area contributed by atoms with Crippen LogP contribution in [0, 0.1) is 13.8 Å². The number of amides is 2. The van der Waals surface area contributed by atoms with E-state index < -0.39 is 11.8 Å². The number of rotatable bonds is 5. The van der Waals surface area contributed by atoms with Crippen molar-refractivity contribution in [2.45, 2.75) is 20.5 Å². The van der Waals surface area contributed by atoms with Gasteiger partial charge in [-0.25, -0.2) is 0 Å². The molecule has 2 amide bonds. The lowest BCUT2D eigenvalue weighted by Gasteiger charge is -2.28. The minimum absolute atomic E-state index is 0.0349. The van der Waals surface area contributed by atoms with Gasteiger partial charge < -0.3 is 4.74 Å². The van der Waals surface area contributed by atoms with Crippen molar-refractivity contribution in [3.63, 3.8) is 0 Å². The summed E-state index contributed by atoms with van der Waals surface area (Å²) in [6, 6.07) is 20.2. The van der Waals surface area contributed by atoms with Crippen molar-refractivity contribution >= 4 is 52.5 Å². The lowest BCUT2D eigenvalue weighted by molar-refractivity contribution is -0.122. The SMILES string of the molecule is Cc1ccc(COc2ccc(/C=C3/C(=O)NC(=S)N(c4ccccc4)C3=O)cc2Cl)cc1C. The van der Waals surface area contributed by atoms with Crippen LogP contribution in [0.3, 0.4) is 0 Å². The highest BCUT2D eigenvalue weighted by atomic mass is 35.5. The molecule has 3 aromatic rings. The van der Waals surface area contributed by atoms with Crippen molar-refractivity contribution in [1.29, 1.82) is 0 Å². The van der Waals surface area contributed by atoms with Gasteiger partial charge in [-0.1, -0.05) is 54.1 Å². The van der Waals surface area contributed by atoms with Crippen LogP contribution in [-0.2, 0) is 16.2 Å². The summed E-state index contributed by atoms with van der Waals surface area (Å²) in [5.41, 5.74) is 4.60. The first-order valence-corrected chi connectivity index (χ1v) is 11.1. The molecule has 7 heteroatoms. The molecule has 0 spiro atoms. The number of anilines is 1. The molecule has 1 heterocycles. The molecular formula is C26H21ClN2O3S. The van der Waals surface area contributed by atoms with Crippen LogP contribution in [0.25, 0.3) is 6.08 Å². The maximum absolute atomic E-state index is 13.1. The van der Waals surface area contributed by atoms with Gasteiger partial charge in [0.1, 0.15) is 17.9 Å². The Balaban J connectivity index is 1.54. The summed E-state index contributed by atoms with van der Waals surface area (Å²) in [7, 11) is 0. The van der Waals surface area contributed by atoms with E-state index in [-0.39, 0.29) is 10.7 Å². The number of benzene rings is 3. The Morgan fingerprint density at radius 2 is 1.76 bits per heavy atom. The van der Waals surface area contributed by atoms with E-state index in [1.54, 1.807) is 42.5 Å². The predicted octanol–water partition coefficient (Wildman–Crippen LogP) is 5.37. The number of nitrogens with one attached hydrogen (secondary N) is 1. The van der Waals surface area contributed by atoms with E-state index in [0.717, 1.165) is 5.56 Å². The second kappa shape index (κ2) is 9.57. The van der Waals surface area contributed by atoms with Gasteiger partial charge in [0.25, 0.3) is 11.8 Å². The van der Waals surface area contributed by atoms with Gasteiger partial charge in [-0.3, -0.25) is 19.8 Å². The molecule has 33 heavy (non-hydrogen) atoms. The monoisotopic (exact) mass is 476 g/mol. The lowest BCUT2D eigenvalue weighted by atomic mass is 10.1. The molecule has 3 aromatic carbocycles. The van der Waals surface area contributed by atoms with E-state index in [4.69, 9.17) is 28.6 Å². The number of para-hydroxylation sites is 1. The number of nitrogens with zero attached hydrogens (tertiary/aromatic N) is 1. The Morgan fingerprint density at radius 3 is 2.45 bits per heavy atom. The minimum atomic E-state index is -0.552. The van der Waals surface area contributed by atoms with Crippen molar-refractivity contribution in [3.05, 3.63) is 99.6 Å². The maximum atomic E-state index is 13.1. The number of aryl methyl sites for hydroxylation is 2. The van der Waals surface area contributed by atoms with Crippen molar-refractivity contribution in [1.82, 2.24) is 5.32 Å². The Bertz CT molecular complexity index is 1290. The quantitative estimate of drug-likeness (QED) is 0.305. The van der Waals surface area contributed by atoms with E-state index >= 15 is 0 Å². The second-order valence-corrected chi connectivity index (χ2v) is 8.48. The summed E-state index contributed by atoms with van der Waals surface area (Å²) in [4.78, 5) is 26.8. The Labute approximate surface area is 202 Å². The van der Waals surface area contributed by atoms with Crippen LogP contribution in [0.15, 0.2) is 72.3 Å². The van der Waals surface area contributed by atoms with Crippen LogP contribution in [0.5, 0.6) is 5.75 Å². The fraction of sp³-hybridized carbons (Fsp3) is 0.115. The molecule has 5 nitrogen and oxygen atoms in total. The van der Waals surface area contributed by atoms with Gasteiger partial charge >= 0.3 is 0 Å². The largest absolute Gasteiger partial charge is 0.487 e. The third kappa shape index (κ3) is 4.97. The zero-order valence-corrected chi connectivity index (χ0v) is 19.7. The van der Waals surface area contributed by atoms with Gasteiger partial charge in [0.2, 0.25) is 0 Å². The normalized spacial score (nSPS) is 15.1. The summed E-state index contributed by atoms with van der Waals surface area (Å²) in [6.07, 6.45) is 1.49. The van der Waals surface area contributed by atoms with Gasteiger partial charge in [-0.15, -0.1) is 0 Å². The zero-order valence-electron chi connectivity index (χ0n) is 18.1. The predicted molar refractivity (Wildman–Crippen MR) is 134 cm³/mol. The van der Waals surface area contributed by atoms with Crippen molar-refractivity contribution < 1.29 is 14.3 Å². The molecule has 0 atom stereocenters. The summed E-state index contributed by atoms with van der Waals surface area (Å²) < 4.78 is 5.87.